The van der Waals surface area contributed by atoms with Crippen LogP contribution >= 0.6 is 0 Å². The number of rotatable bonds is 6. The maximum absolute atomic E-state index is 13.9. The molecule has 4 nitrogen and oxygen atoms in total. The molecule has 0 atom stereocenters. The normalized spacial score (nSPS) is 14.4. The van der Waals surface area contributed by atoms with Crippen molar-refractivity contribution in [2.45, 2.75) is 19.4 Å². The molecule has 2 aromatic rings. The van der Waals surface area contributed by atoms with Crippen LogP contribution in [0.25, 0.3) is 0 Å². The van der Waals surface area contributed by atoms with Crippen LogP contribution in [0.4, 0.5) is 14.5 Å². The molecule has 0 radical (unpaired) electrons. The molecule has 0 aromatic heterocycles. The fourth-order valence-corrected chi connectivity index (χ4v) is 2.60. The van der Waals surface area contributed by atoms with Gasteiger partial charge in [0.1, 0.15) is 11.6 Å². The zero-order chi connectivity index (χ0) is 17.9. The summed E-state index contributed by atoms with van der Waals surface area (Å²) in [4.78, 5) is 12.4. The first-order valence-corrected chi connectivity index (χ1v) is 7.99. The Hall–Kier alpha value is -2.94. The number of nitrogens with zero attached hydrogens (tertiary/aromatic N) is 1. The fraction of sp³-hybridized carbons (Fsp3) is 0.263. The summed E-state index contributed by atoms with van der Waals surface area (Å²) in [5, 5.41) is 14.6. The standard InChI is InChI=1S/C19H17F2N3O/c20-15-3-5-16(6-4-15)24-12-19(7-8-19)18(25)23-11-14-2-1-13(10-22)9-17(14)21/h1-6,9,24H,7-8,11-12H2,(H,23,25). The average Bonchev–Trinajstić information content (AvgIpc) is 3.41. The highest BCUT2D eigenvalue weighted by atomic mass is 19.1. The van der Waals surface area contributed by atoms with E-state index in [9.17, 15) is 13.6 Å². The Bertz CT molecular complexity index is 824. The molecule has 3 rings (SSSR count). The molecule has 1 aliphatic rings. The predicted octanol–water partition coefficient (Wildman–Crippen LogP) is 3.34. The van der Waals surface area contributed by atoms with Crippen molar-refractivity contribution in [3.63, 3.8) is 0 Å². The molecule has 0 unspecified atom stereocenters. The van der Waals surface area contributed by atoms with E-state index in [1.165, 1.54) is 24.3 Å². The van der Waals surface area contributed by atoms with Crippen LogP contribution < -0.4 is 10.6 Å². The van der Waals surface area contributed by atoms with E-state index in [2.05, 4.69) is 10.6 Å². The molecule has 1 amide bonds. The number of nitrogens with one attached hydrogen (secondary N) is 2. The molecule has 0 saturated heterocycles. The highest BCUT2D eigenvalue weighted by molar-refractivity contribution is 5.86. The number of halogens is 2. The van der Waals surface area contributed by atoms with Crippen LogP contribution in [0.15, 0.2) is 42.5 Å². The summed E-state index contributed by atoms with van der Waals surface area (Å²) >= 11 is 0. The van der Waals surface area contributed by atoms with E-state index in [4.69, 9.17) is 5.26 Å². The van der Waals surface area contributed by atoms with Gasteiger partial charge in [0.15, 0.2) is 0 Å². The Morgan fingerprint density at radius 2 is 1.88 bits per heavy atom. The Balaban J connectivity index is 1.55. The summed E-state index contributed by atoms with van der Waals surface area (Å²) in [5.74, 6) is -0.951. The van der Waals surface area contributed by atoms with Gasteiger partial charge in [-0.2, -0.15) is 5.26 Å². The van der Waals surface area contributed by atoms with Gasteiger partial charge in [0.2, 0.25) is 5.91 Å². The van der Waals surface area contributed by atoms with Gasteiger partial charge in [-0.15, -0.1) is 0 Å². The number of benzene rings is 2. The van der Waals surface area contributed by atoms with E-state index < -0.39 is 11.2 Å². The summed E-state index contributed by atoms with van der Waals surface area (Å²) in [6.07, 6.45) is 1.51. The van der Waals surface area contributed by atoms with E-state index in [-0.39, 0.29) is 23.8 Å². The first kappa shape index (κ1) is 16.9. The molecule has 2 N–H and O–H groups in total. The molecule has 128 valence electrons. The van der Waals surface area contributed by atoms with Crippen molar-refractivity contribution in [3.8, 4) is 6.07 Å². The highest BCUT2D eigenvalue weighted by Gasteiger charge is 2.49. The minimum atomic E-state index is -0.506. The zero-order valence-corrected chi connectivity index (χ0v) is 13.5. The first-order valence-electron chi connectivity index (χ1n) is 7.99. The first-order chi connectivity index (χ1) is 12.0. The minimum absolute atomic E-state index is 0.0780. The third kappa shape index (κ3) is 3.94. The van der Waals surface area contributed by atoms with E-state index in [1.54, 1.807) is 12.1 Å². The lowest BCUT2D eigenvalue weighted by atomic mass is 10.1. The second-order valence-corrected chi connectivity index (χ2v) is 6.24. The maximum atomic E-state index is 13.9. The fourth-order valence-electron chi connectivity index (χ4n) is 2.60. The van der Waals surface area contributed by atoms with Gasteiger partial charge in [0, 0.05) is 24.3 Å². The molecule has 0 aliphatic heterocycles. The SMILES string of the molecule is N#Cc1ccc(CNC(=O)C2(CNc3ccc(F)cc3)CC2)c(F)c1. The summed E-state index contributed by atoms with van der Waals surface area (Å²) in [6.45, 7) is 0.523. The third-order valence-corrected chi connectivity index (χ3v) is 4.43. The van der Waals surface area contributed by atoms with Crippen molar-refractivity contribution in [1.82, 2.24) is 5.32 Å². The van der Waals surface area contributed by atoms with Crippen molar-refractivity contribution in [1.29, 1.82) is 5.26 Å². The van der Waals surface area contributed by atoms with Gasteiger partial charge >= 0.3 is 0 Å². The minimum Gasteiger partial charge on any atom is -0.384 e. The number of hydrogen-bond acceptors (Lipinski definition) is 3. The molecule has 1 fully saturated rings. The number of carbonyl (C=O) groups excluding carboxylic acids is 1. The van der Waals surface area contributed by atoms with Gasteiger partial charge in [-0.25, -0.2) is 8.78 Å². The van der Waals surface area contributed by atoms with Crippen LogP contribution in [0.2, 0.25) is 0 Å². The van der Waals surface area contributed by atoms with E-state index in [0.29, 0.717) is 12.1 Å². The van der Waals surface area contributed by atoms with Crippen LogP contribution in [0, 0.1) is 28.4 Å². The molecule has 1 saturated carbocycles. The van der Waals surface area contributed by atoms with Gasteiger partial charge in [-0.05, 0) is 49.2 Å². The molecule has 0 heterocycles. The Morgan fingerprint density at radius 3 is 2.48 bits per heavy atom. The molecular formula is C19H17F2N3O. The third-order valence-electron chi connectivity index (χ3n) is 4.43. The lowest BCUT2D eigenvalue weighted by Crippen LogP contribution is -2.36. The van der Waals surface area contributed by atoms with E-state index in [0.717, 1.165) is 24.6 Å². The summed E-state index contributed by atoms with van der Waals surface area (Å²) < 4.78 is 26.8. The van der Waals surface area contributed by atoms with Gasteiger partial charge < -0.3 is 10.6 Å². The highest BCUT2D eigenvalue weighted by Crippen LogP contribution is 2.46. The number of amides is 1. The number of nitriles is 1. The maximum Gasteiger partial charge on any atom is 0.228 e. The van der Waals surface area contributed by atoms with Crippen LogP contribution in [-0.4, -0.2) is 12.5 Å². The van der Waals surface area contributed by atoms with Gasteiger partial charge in [-0.1, -0.05) is 6.07 Å². The monoisotopic (exact) mass is 341 g/mol. The second-order valence-electron chi connectivity index (χ2n) is 6.24. The lowest BCUT2D eigenvalue weighted by Gasteiger charge is -2.17. The number of carbonyl (C=O) groups is 1. The van der Waals surface area contributed by atoms with Gasteiger partial charge in [0.25, 0.3) is 0 Å². The molecular weight excluding hydrogens is 324 g/mol. The Morgan fingerprint density at radius 1 is 1.16 bits per heavy atom. The quantitative estimate of drug-likeness (QED) is 0.847. The largest absolute Gasteiger partial charge is 0.384 e. The average molecular weight is 341 g/mol. The smallest absolute Gasteiger partial charge is 0.228 e. The van der Waals surface area contributed by atoms with Crippen molar-refractivity contribution >= 4 is 11.6 Å². The summed E-state index contributed by atoms with van der Waals surface area (Å²) in [7, 11) is 0. The molecule has 0 bridgehead atoms. The Labute approximate surface area is 144 Å². The van der Waals surface area contributed by atoms with E-state index >= 15 is 0 Å². The van der Waals surface area contributed by atoms with Gasteiger partial charge in [0.05, 0.1) is 17.0 Å². The molecule has 1 aliphatic carbocycles. The van der Waals surface area contributed by atoms with Crippen LogP contribution in [0.1, 0.15) is 24.0 Å². The van der Waals surface area contributed by atoms with Gasteiger partial charge in [-0.3, -0.25) is 4.79 Å². The second kappa shape index (κ2) is 6.89. The molecule has 2 aromatic carbocycles. The molecule has 0 spiro atoms. The summed E-state index contributed by atoms with van der Waals surface area (Å²) in [5.41, 5.74) is 0.834. The van der Waals surface area contributed by atoms with Crippen LogP contribution in [-0.2, 0) is 11.3 Å². The topological polar surface area (TPSA) is 64.9 Å². The molecule has 6 heteroatoms. The zero-order valence-electron chi connectivity index (χ0n) is 13.5. The lowest BCUT2D eigenvalue weighted by molar-refractivity contribution is -0.126. The van der Waals surface area contributed by atoms with Crippen molar-refractivity contribution in [2.24, 2.45) is 5.41 Å². The van der Waals surface area contributed by atoms with Crippen LogP contribution in [0.5, 0.6) is 0 Å². The van der Waals surface area contributed by atoms with Crippen LogP contribution in [0.3, 0.4) is 0 Å². The van der Waals surface area contributed by atoms with Crippen molar-refractivity contribution in [2.75, 3.05) is 11.9 Å². The van der Waals surface area contributed by atoms with Crippen molar-refractivity contribution < 1.29 is 13.6 Å². The molecule has 25 heavy (non-hydrogen) atoms. The van der Waals surface area contributed by atoms with E-state index in [1.807, 2.05) is 6.07 Å². The predicted molar refractivity (Wildman–Crippen MR) is 89.5 cm³/mol. The van der Waals surface area contributed by atoms with Crippen molar-refractivity contribution in [3.05, 3.63) is 65.2 Å². The number of hydrogen-bond donors (Lipinski definition) is 2. The summed E-state index contributed by atoms with van der Waals surface area (Å²) in [6, 6.07) is 12.0. The Kier molecular flexibility index (Phi) is 4.66. The number of anilines is 1.